The van der Waals surface area contributed by atoms with E-state index >= 15 is 0 Å². The Kier molecular flexibility index (Phi) is 8.37. The highest BCUT2D eigenvalue weighted by atomic mass is 35.5. The van der Waals surface area contributed by atoms with Gasteiger partial charge >= 0.3 is 0 Å². The van der Waals surface area contributed by atoms with Crippen molar-refractivity contribution in [3.05, 3.63) is 71.8 Å². The summed E-state index contributed by atoms with van der Waals surface area (Å²) in [6.07, 6.45) is 1.07. The number of halogens is 1. The molecule has 23 heavy (non-hydrogen) atoms. The number of nitrogens with two attached hydrogens (primary N) is 1. The first kappa shape index (κ1) is 19.2. The third kappa shape index (κ3) is 5.69. The molecule has 0 amide bonds. The van der Waals surface area contributed by atoms with Crippen molar-refractivity contribution in [3.8, 4) is 0 Å². The van der Waals surface area contributed by atoms with Crippen LogP contribution in [0.3, 0.4) is 0 Å². The lowest BCUT2D eigenvalue weighted by Gasteiger charge is -2.17. The first-order valence-corrected chi connectivity index (χ1v) is 8.54. The van der Waals surface area contributed by atoms with Crippen LogP contribution in [-0.4, -0.2) is 21.0 Å². The van der Waals surface area contributed by atoms with E-state index in [0.717, 1.165) is 11.1 Å². The van der Waals surface area contributed by atoms with E-state index in [2.05, 4.69) is 5.16 Å². The molecule has 0 spiro atoms. The highest BCUT2D eigenvalue weighted by Crippen LogP contribution is 2.28. The smallest absolute Gasteiger partial charge is 0.139 e. The molecule has 2 rings (SSSR count). The summed E-state index contributed by atoms with van der Waals surface area (Å²) in [7, 11) is -1.07. The topological polar surface area (TPSA) is 75.7 Å². The van der Waals surface area contributed by atoms with Gasteiger partial charge in [-0.15, -0.1) is 12.4 Å². The molecular formula is C17H21ClN2O2S. The predicted octanol–water partition coefficient (Wildman–Crippen LogP) is 3.47. The largest absolute Gasteiger partial charge is 0.409 e. The Bertz CT molecular complexity index is 596. The van der Waals surface area contributed by atoms with Crippen molar-refractivity contribution in [2.24, 2.45) is 10.9 Å². The summed E-state index contributed by atoms with van der Waals surface area (Å²) in [6.45, 7) is 0. The zero-order valence-corrected chi connectivity index (χ0v) is 14.3. The van der Waals surface area contributed by atoms with E-state index in [4.69, 9.17) is 10.9 Å². The zero-order valence-electron chi connectivity index (χ0n) is 12.7. The Morgan fingerprint density at radius 3 is 1.96 bits per heavy atom. The van der Waals surface area contributed by atoms with Crippen LogP contribution < -0.4 is 5.73 Å². The van der Waals surface area contributed by atoms with Crippen molar-refractivity contribution in [3.63, 3.8) is 0 Å². The molecule has 0 fully saturated rings. The van der Waals surface area contributed by atoms with Crippen LogP contribution in [0, 0.1) is 0 Å². The number of amidine groups is 1. The van der Waals surface area contributed by atoms with Crippen LogP contribution >= 0.6 is 12.4 Å². The molecule has 0 saturated heterocycles. The molecule has 0 bridgehead atoms. The van der Waals surface area contributed by atoms with Crippen molar-refractivity contribution in [2.75, 3.05) is 5.75 Å². The van der Waals surface area contributed by atoms with Gasteiger partial charge in [-0.25, -0.2) is 0 Å². The molecule has 0 radical (unpaired) electrons. The normalized spacial score (nSPS) is 12.7. The fourth-order valence-electron chi connectivity index (χ4n) is 2.32. The SMILES string of the molecule is Cl.NC(CCCS(=O)C(c1ccccc1)c1ccccc1)=NO. The fraction of sp³-hybridized carbons (Fsp3) is 0.235. The molecule has 2 aromatic carbocycles. The van der Waals surface area contributed by atoms with Gasteiger partial charge in [0.15, 0.2) is 0 Å². The average Bonchev–Trinajstić information content (AvgIpc) is 2.57. The van der Waals surface area contributed by atoms with Gasteiger partial charge in [-0.2, -0.15) is 0 Å². The Morgan fingerprint density at radius 1 is 1.04 bits per heavy atom. The van der Waals surface area contributed by atoms with Crippen LogP contribution in [-0.2, 0) is 10.8 Å². The second kappa shape index (κ2) is 10.0. The summed E-state index contributed by atoms with van der Waals surface area (Å²) >= 11 is 0. The van der Waals surface area contributed by atoms with E-state index in [9.17, 15) is 4.21 Å². The van der Waals surface area contributed by atoms with Gasteiger partial charge in [0.05, 0.1) is 5.25 Å². The van der Waals surface area contributed by atoms with E-state index in [-0.39, 0.29) is 23.5 Å². The van der Waals surface area contributed by atoms with Crippen molar-refractivity contribution in [1.82, 2.24) is 0 Å². The molecule has 0 aliphatic heterocycles. The average molecular weight is 353 g/mol. The lowest BCUT2D eigenvalue weighted by molar-refractivity contribution is 0.317. The molecule has 4 nitrogen and oxygen atoms in total. The van der Waals surface area contributed by atoms with Crippen molar-refractivity contribution < 1.29 is 9.42 Å². The maximum Gasteiger partial charge on any atom is 0.139 e. The van der Waals surface area contributed by atoms with E-state index in [0.29, 0.717) is 18.6 Å². The summed E-state index contributed by atoms with van der Waals surface area (Å²) in [4.78, 5) is 0. The lowest BCUT2D eigenvalue weighted by Crippen LogP contribution is -2.15. The molecule has 1 unspecified atom stereocenters. The molecule has 2 aromatic rings. The molecule has 0 aromatic heterocycles. The molecule has 3 N–H and O–H groups in total. The van der Waals surface area contributed by atoms with E-state index in [1.165, 1.54) is 0 Å². The standard InChI is InChI=1S/C17H20N2O2S.ClH/c18-16(19-20)12-7-13-22(21)17(14-8-3-1-4-9-14)15-10-5-2-6-11-15;/h1-6,8-11,17,20H,7,12-13H2,(H2,18,19);1H. The Balaban J connectivity index is 0.00000264. The summed E-state index contributed by atoms with van der Waals surface area (Å²) in [6, 6.07) is 19.7. The first-order chi connectivity index (χ1) is 10.7. The van der Waals surface area contributed by atoms with E-state index in [1.807, 2.05) is 60.7 Å². The number of rotatable bonds is 7. The molecular weight excluding hydrogens is 332 g/mol. The molecule has 0 saturated carbocycles. The quantitative estimate of drug-likeness (QED) is 0.346. The highest BCUT2D eigenvalue weighted by Gasteiger charge is 2.20. The third-order valence-corrected chi connectivity index (χ3v) is 5.14. The van der Waals surface area contributed by atoms with Gasteiger partial charge in [0, 0.05) is 23.0 Å². The molecule has 124 valence electrons. The number of hydrogen-bond acceptors (Lipinski definition) is 3. The van der Waals surface area contributed by atoms with Crippen molar-refractivity contribution >= 4 is 29.0 Å². The Morgan fingerprint density at radius 2 is 1.52 bits per heavy atom. The first-order valence-electron chi connectivity index (χ1n) is 7.16. The third-order valence-electron chi connectivity index (χ3n) is 3.37. The van der Waals surface area contributed by atoms with Gasteiger partial charge in [0.25, 0.3) is 0 Å². The van der Waals surface area contributed by atoms with Gasteiger partial charge in [0.2, 0.25) is 0 Å². The summed E-state index contributed by atoms with van der Waals surface area (Å²) in [5, 5.41) is 11.3. The predicted molar refractivity (Wildman–Crippen MR) is 97.6 cm³/mol. The minimum Gasteiger partial charge on any atom is -0.409 e. The Labute approximate surface area is 145 Å². The number of hydrogen-bond donors (Lipinski definition) is 2. The summed E-state index contributed by atoms with van der Waals surface area (Å²) < 4.78 is 12.8. The number of nitrogens with zero attached hydrogens (tertiary/aromatic N) is 1. The van der Waals surface area contributed by atoms with Gasteiger partial charge < -0.3 is 10.9 Å². The summed E-state index contributed by atoms with van der Waals surface area (Å²) in [5.41, 5.74) is 7.53. The van der Waals surface area contributed by atoms with Gasteiger partial charge in [-0.1, -0.05) is 65.8 Å². The van der Waals surface area contributed by atoms with Crippen LogP contribution in [0.5, 0.6) is 0 Å². The van der Waals surface area contributed by atoms with Crippen LogP contribution in [0.2, 0.25) is 0 Å². The van der Waals surface area contributed by atoms with Gasteiger partial charge in [-0.3, -0.25) is 4.21 Å². The minimum atomic E-state index is -1.07. The van der Waals surface area contributed by atoms with Crippen LogP contribution in [0.15, 0.2) is 65.8 Å². The molecule has 6 heteroatoms. The second-order valence-electron chi connectivity index (χ2n) is 4.98. The van der Waals surface area contributed by atoms with Crippen LogP contribution in [0.1, 0.15) is 29.2 Å². The number of oxime groups is 1. The van der Waals surface area contributed by atoms with Crippen molar-refractivity contribution in [2.45, 2.75) is 18.1 Å². The van der Waals surface area contributed by atoms with E-state index < -0.39 is 10.8 Å². The summed E-state index contributed by atoms with van der Waals surface area (Å²) in [5.74, 6) is 0.679. The Hall–Kier alpha value is -1.85. The molecule has 0 aliphatic rings. The second-order valence-corrected chi connectivity index (χ2v) is 6.62. The molecule has 0 heterocycles. The van der Waals surface area contributed by atoms with Crippen molar-refractivity contribution in [1.29, 1.82) is 0 Å². The van der Waals surface area contributed by atoms with Gasteiger partial charge in [-0.05, 0) is 17.5 Å². The van der Waals surface area contributed by atoms with E-state index in [1.54, 1.807) is 0 Å². The highest BCUT2D eigenvalue weighted by molar-refractivity contribution is 7.85. The molecule has 0 aliphatic carbocycles. The lowest BCUT2D eigenvalue weighted by atomic mass is 10.0. The maximum atomic E-state index is 12.8. The molecule has 1 atom stereocenters. The van der Waals surface area contributed by atoms with Crippen LogP contribution in [0.4, 0.5) is 0 Å². The maximum absolute atomic E-state index is 12.8. The zero-order chi connectivity index (χ0) is 15.8. The monoisotopic (exact) mass is 352 g/mol. The minimum absolute atomic E-state index is 0. The number of benzene rings is 2. The fourth-order valence-corrected chi connectivity index (χ4v) is 3.90. The van der Waals surface area contributed by atoms with Gasteiger partial charge in [0.1, 0.15) is 5.84 Å². The van der Waals surface area contributed by atoms with Crippen LogP contribution in [0.25, 0.3) is 0 Å².